The van der Waals surface area contributed by atoms with Gasteiger partial charge < -0.3 is 15.0 Å². The van der Waals surface area contributed by atoms with Crippen LogP contribution in [-0.4, -0.2) is 34.6 Å². The minimum atomic E-state index is -0.246. The van der Waals surface area contributed by atoms with Gasteiger partial charge in [-0.2, -0.15) is 0 Å². The molecule has 1 saturated carbocycles. The molecule has 2 aliphatic rings. The highest BCUT2D eigenvalue weighted by Crippen LogP contribution is 2.45. The van der Waals surface area contributed by atoms with Gasteiger partial charge in [-0.25, -0.2) is 4.98 Å². The van der Waals surface area contributed by atoms with Gasteiger partial charge in [-0.05, 0) is 25.3 Å². The third-order valence-electron chi connectivity index (χ3n) is 5.52. The predicted octanol–water partition coefficient (Wildman–Crippen LogP) is 1.38. The Morgan fingerprint density at radius 2 is 2.15 bits per heavy atom. The minimum Gasteiger partial charge on any atom is -0.377 e. The van der Waals surface area contributed by atoms with Crippen LogP contribution >= 0.6 is 0 Å². The molecule has 1 aromatic carbocycles. The topological polar surface area (TPSA) is 84.1 Å². The molecule has 0 spiro atoms. The molecule has 6 nitrogen and oxygen atoms in total. The first kappa shape index (κ1) is 17.0. The van der Waals surface area contributed by atoms with Gasteiger partial charge in [-0.3, -0.25) is 9.59 Å². The molecule has 1 aromatic heterocycles. The van der Waals surface area contributed by atoms with Gasteiger partial charge in [0, 0.05) is 36.2 Å². The molecule has 1 saturated heterocycles. The summed E-state index contributed by atoms with van der Waals surface area (Å²) in [6.45, 7) is 2.47. The fraction of sp³-hybridized carbons (Fsp3) is 0.450. The lowest BCUT2D eigenvalue weighted by atomic mass is 9.64. The van der Waals surface area contributed by atoms with E-state index >= 15 is 0 Å². The summed E-state index contributed by atoms with van der Waals surface area (Å²) < 4.78 is 5.88. The summed E-state index contributed by atoms with van der Waals surface area (Å²) in [5, 5.41) is 3.15. The molecule has 136 valence electrons. The van der Waals surface area contributed by atoms with Gasteiger partial charge in [-0.1, -0.05) is 30.3 Å². The van der Waals surface area contributed by atoms with Crippen molar-refractivity contribution in [1.82, 2.24) is 15.3 Å². The zero-order valence-electron chi connectivity index (χ0n) is 14.8. The third-order valence-corrected chi connectivity index (χ3v) is 5.52. The molecule has 2 aromatic rings. The number of ether oxygens (including phenoxy) is 1. The van der Waals surface area contributed by atoms with Crippen molar-refractivity contribution in [2.75, 3.05) is 6.61 Å². The van der Waals surface area contributed by atoms with E-state index in [4.69, 9.17) is 4.74 Å². The van der Waals surface area contributed by atoms with E-state index in [1.54, 1.807) is 6.92 Å². The molecular weight excluding hydrogens is 330 g/mol. The van der Waals surface area contributed by atoms with Crippen LogP contribution < -0.4 is 10.9 Å². The fourth-order valence-electron chi connectivity index (χ4n) is 4.22. The normalized spacial score (nSPS) is 26.8. The number of hydrogen-bond acceptors (Lipinski definition) is 4. The number of H-pyrrole nitrogens is 1. The van der Waals surface area contributed by atoms with Crippen LogP contribution in [0.1, 0.15) is 23.4 Å². The van der Waals surface area contributed by atoms with Crippen molar-refractivity contribution >= 4 is 5.91 Å². The Kier molecular flexibility index (Phi) is 4.59. The highest BCUT2D eigenvalue weighted by atomic mass is 16.5. The second-order valence-electron chi connectivity index (χ2n) is 7.23. The summed E-state index contributed by atoms with van der Waals surface area (Å²) in [5.41, 5.74) is 1.40. The highest BCUT2D eigenvalue weighted by Gasteiger charge is 2.53. The number of carbonyl (C=O) groups excluding carboxylic acids is 1. The Morgan fingerprint density at radius 1 is 1.35 bits per heavy atom. The maximum absolute atomic E-state index is 12.5. The van der Waals surface area contributed by atoms with Gasteiger partial charge >= 0.3 is 0 Å². The van der Waals surface area contributed by atoms with Crippen molar-refractivity contribution in [3.63, 3.8) is 0 Å². The van der Waals surface area contributed by atoms with E-state index in [1.807, 2.05) is 18.2 Å². The number of carbonyl (C=O) groups is 1. The molecule has 1 aliphatic carbocycles. The van der Waals surface area contributed by atoms with E-state index in [0.717, 1.165) is 19.4 Å². The number of benzene rings is 1. The van der Waals surface area contributed by atoms with Gasteiger partial charge in [0.2, 0.25) is 5.91 Å². The van der Waals surface area contributed by atoms with Gasteiger partial charge in [-0.15, -0.1) is 0 Å². The minimum absolute atomic E-state index is 0.0510. The zero-order chi connectivity index (χ0) is 18.1. The third kappa shape index (κ3) is 3.29. The summed E-state index contributed by atoms with van der Waals surface area (Å²) in [7, 11) is 0. The molecule has 2 fully saturated rings. The molecule has 0 unspecified atom stereocenters. The van der Waals surface area contributed by atoms with Crippen molar-refractivity contribution in [2.45, 2.75) is 38.3 Å². The number of amides is 1. The molecule has 1 aliphatic heterocycles. The smallest absolute Gasteiger partial charge is 0.254 e. The van der Waals surface area contributed by atoms with Crippen molar-refractivity contribution in [3.8, 4) is 0 Å². The van der Waals surface area contributed by atoms with E-state index < -0.39 is 0 Å². The van der Waals surface area contributed by atoms with Crippen LogP contribution in [0.4, 0.5) is 0 Å². The number of aromatic amines is 1. The molecule has 0 radical (unpaired) electrons. The second-order valence-corrected chi connectivity index (χ2v) is 7.23. The molecule has 2 N–H and O–H groups in total. The molecular formula is C20H23N3O3. The summed E-state index contributed by atoms with van der Waals surface area (Å²) in [6.07, 6.45) is 3.63. The first-order valence-electron chi connectivity index (χ1n) is 9.11. The van der Waals surface area contributed by atoms with E-state index in [9.17, 15) is 9.59 Å². The van der Waals surface area contributed by atoms with Crippen LogP contribution in [0.2, 0.25) is 0 Å². The Hall–Kier alpha value is -2.47. The first-order chi connectivity index (χ1) is 12.6. The largest absolute Gasteiger partial charge is 0.377 e. The molecule has 1 amide bonds. The molecule has 4 atom stereocenters. The van der Waals surface area contributed by atoms with Crippen molar-refractivity contribution in [3.05, 3.63) is 63.8 Å². The van der Waals surface area contributed by atoms with Crippen molar-refractivity contribution in [2.24, 2.45) is 11.8 Å². The molecule has 26 heavy (non-hydrogen) atoms. The molecule has 4 rings (SSSR count). The Labute approximate surface area is 152 Å². The van der Waals surface area contributed by atoms with Crippen LogP contribution in [0, 0.1) is 18.8 Å². The quantitative estimate of drug-likeness (QED) is 0.851. The maximum Gasteiger partial charge on any atom is 0.254 e. The molecule has 6 heteroatoms. The molecule has 0 bridgehead atoms. The van der Waals surface area contributed by atoms with E-state index in [0.29, 0.717) is 17.3 Å². The first-order valence-corrected chi connectivity index (χ1v) is 9.11. The zero-order valence-corrected chi connectivity index (χ0v) is 14.8. The number of nitrogens with zero attached hydrogens (tertiary/aromatic N) is 1. The SMILES string of the molecule is Cc1ncc(CC(=O)N[C@@H]2[C@@H](Cc3ccccc3)[C@H]3OCC[C@@H]23)c(=O)[nH]1. The van der Waals surface area contributed by atoms with Gasteiger partial charge in [0.05, 0.1) is 12.5 Å². The fourth-order valence-corrected chi connectivity index (χ4v) is 4.22. The summed E-state index contributed by atoms with van der Waals surface area (Å²) in [5.74, 6) is 1.08. The van der Waals surface area contributed by atoms with E-state index in [2.05, 4.69) is 27.4 Å². The number of aryl methyl sites for hydroxylation is 1. The Morgan fingerprint density at radius 3 is 2.92 bits per heavy atom. The summed E-state index contributed by atoms with van der Waals surface area (Å²) in [4.78, 5) is 31.2. The number of aromatic nitrogens is 2. The lowest BCUT2D eigenvalue weighted by molar-refractivity contribution is -0.126. The van der Waals surface area contributed by atoms with Gasteiger partial charge in [0.1, 0.15) is 5.82 Å². The van der Waals surface area contributed by atoms with Crippen molar-refractivity contribution in [1.29, 1.82) is 0 Å². The van der Waals surface area contributed by atoms with Gasteiger partial charge in [0.15, 0.2) is 0 Å². The maximum atomic E-state index is 12.5. The Balaban J connectivity index is 1.43. The summed E-state index contributed by atoms with van der Waals surface area (Å²) in [6, 6.07) is 10.4. The van der Waals surface area contributed by atoms with Crippen LogP contribution in [0.25, 0.3) is 0 Å². The average molecular weight is 353 g/mol. The second kappa shape index (κ2) is 7.03. The van der Waals surface area contributed by atoms with Crippen LogP contribution in [-0.2, 0) is 22.4 Å². The lowest BCUT2D eigenvalue weighted by Crippen LogP contribution is -2.62. The van der Waals surface area contributed by atoms with Crippen molar-refractivity contribution < 1.29 is 9.53 Å². The number of fused-ring (bicyclic) bond motifs is 1. The summed E-state index contributed by atoms with van der Waals surface area (Å²) >= 11 is 0. The highest BCUT2D eigenvalue weighted by molar-refractivity contribution is 5.79. The average Bonchev–Trinajstić information content (AvgIpc) is 3.06. The number of nitrogens with one attached hydrogen (secondary N) is 2. The molecule has 2 heterocycles. The van der Waals surface area contributed by atoms with E-state index in [1.165, 1.54) is 11.8 Å². The standard InChI is InChI=1S/C20H23N3O3/c1-12-21-11-14(20(25)22-12)10-17(24)23-18-15-7-8-26-19(15)16(18)9-13-5-3-2-4-6-13/h2-6,11,15-16,18-19H,7-10H2,1H3,(H,23,24)(H,21,22,25)/t15-,16+,18-,19-/m0/s1. The predicted molar refractivity (Wildman–Crippen MR) is 96.7 cm³/mol. The Bertz CT molecular complexity index is 849. The van der Waals surface area contributed by atoms with Crippen LogP contribution in [0.15, 0.2) is 41.3 Å². The number of hydrogen-bond donors (Lipinski definition) is 2. The van der Waals surface area contributed by atoms with Crippen LogP contribution in [0.3, 0.4) is 0 Å². The van der Waals surface area contributed by atoms with Crippen LogP contribution in [0.5, 0.6) is 0 Å². The van der Waals surface area contributed by atoms with Gasteiger partial charge in [0.25, 0.3) is 5.56 Å². The lowest BCUT2D eigenvalue weighted by Gasteiger charge is -2.48. The van der Waals surface area contributed by atoms with E-state index in [-0.39, 0.29) is 36.0 Å². The number of rotatable bonds is 5. The monoisotopic (exact) mass is 353 g/mol.